The minimum atomic E-state index is -0.552. The van der Waals surface area contributed by atoms with Gasteiger partial charge in [-0.05, 0) is 36.8 Å². The second-order valence-corrected chi connectivity index (χ2v) is 6.91. The maximum absolute atomic E-state index is 12.6. The lowest BCUT2D eigenvalue weighted by Gasteiger charge is -2.19. The van der Waals surface area contributed by atoms with E-state index >= 15 is 0 Å². The first-order valence-corrected chi connectivity index (χ1v) is 10.0. The fourth-order valence-electron chi connectivity index (χ4n) is 3.23. The minimum absolute atomic E-state index is 0.00336. The highest BCUT2D eigenvalue weighted by molar-refractivity contribution is 5.78. The number of nitrogens with one attached hydrogen (secondary N) is 1. The van der Waals surface area contributed by atoms with Crippen molar-refractivity contribution in [1.29, 1.82) is 0 Å². The summed E-state index contributed by atoms with van der Waals surface area (Å²) in [6.45, 7) is 2.17. The molecule has 3 rings (SSSR count). The monoisotopic (exact) mass is 423 g/mol. The molecule has 8 nitrogen and oxygen atoms in total. The molecule has 31 heavy (non-hydrogen) atoms. The number of esters is 1. The number of hydrogen-bond acceptors (Lipinski definition) is 6. The summed E-state index contributed by atoms with van der Waals surface area (Å²) in [5, 5.41) is 3.37. The van der Waals surface area contributed by atoms with Crippen LogP contribution in [0.3, 0.4) is 0 Å². The third kappa shape index (κ3) is 5.69. The number of nitrogens with zero attached hydrogens (tertiary/aromatic N) is 2. The summed E-state index contributed by atoms with van der Waals surface area (Å²) in [5.74, 6) is -0.0168. The first-order valence-electron chi connectivity index (χ1n) is 10.0. The second-order valence-electron chi connectivity index (χ2n) is 6.91. The Balaban J connectivity index is 1.70. The molecule has 0 aliphatic heterocycles. The van der Waals surface area contributed by atoms with Gasteiger partial charge in [0.1, 0.15) is 5.75 Å². The Morgan fingerprint density at radius 3 is 2.58 bits per heavy atom. The SMILES string of the molecule is CCOC(=O)CC(NC(=O)CCn1cnc2ccccc2c1=O)c1ccc(OC)cc1. The Morgan fingerprint density at radius 2 is 1.87 bits per heavy atom. The zero-order chi connectivity index (χ0) is 22.2. The lowest BCUT2D eigenvalue weighted by atomic mass is 10.0. The van der Waals surface area contributed by atoms with Gasteiger partial charge >= 0.3 is 5.97 Å². The number of ether oxygens (including phenoxy) is 2. The molecule has 0 saturated carbocycles. The van der Waals surface area contributed by atoms with E-state index in [1.54, 1.807) is 56.5 Å². The van der Waals surface area contributed by atoms with Crippen molar-refractivity contribution in [2.24, 2.45) is 0 Å². The van der Waals surface area contributed by atoms with Crippen molar-refractivity contribution >= 4 is 22.8 Å². The summed E-state index contributed by atoms with van der Waals surface area (Å²) < 4.78 is 11.6. The number of para-hydroxylation sites is 1. The number of methoxy groups -OCH3 is 1. The van der Waals surface area contributed by atoms with E-state index in [9.17, 15) is 14.4 Å². The normalized spacial score (nSPS) is 11.7. The van der Waals surface area contributed by atoms with Crippen LogP contribution in [0.1, 0.15) is 31.4 Å². The number of amides is 1. The molecule has 0 fully saturated rings. The molecule has 0 radical (unpaired) electrons. The highest BCUT2D eigenvalue weighted by Gasteiger charge is 2.19. The van der Waals surface area contributed by atoms with Gasteiger partial charge in [-0.2, -0.15) is 0 Å². The van der Waals surface area contributed by atoms with Crippen molar-refractivity contribution in [3.05, 3.63) is 70.8 Å². The van der Waals surface area contributed by atoms with Gasteiger partial charge in [0.15, 0.2) is 0 Å². The highest BCUT2D eigenvalue weighted by atomic mass is 16.5. The number of carbonyl (C=O) groups excluding carboxylic acids is 2. The Hall–Kier alpha value is -3.68. The van der Waals surface area contributed by atoms with Gasteiger partial charge in [-0.1, -0.05) is 24.3 Å². The topological polar surface area (TPSA) is 99.5 Å². The average molecular weight is 423 g/mol. The molecule has 1 atom stereocenters. The van der Waals surface area contributed by atoms with Crippen LogP contribution >= 0.6 is 0 Å². The Bertz CT molecular complexity index is 1110. The Kier molecular flexibility index (Phi) is 7.37. The number of carbonyl (C=O) groups is 2. The van der Waals surface area contributed by atoms with Crippen molar-refractivity contribution in [3.63, 3.8) is 0 Å². The molecule has 8 heteroatoms. The molecule has 1 N–H and O–H groups in total. The van der Waals surface area contributed by atoms with Gasteiger partial charge in [0.2, 0.25) is 5.91 Å². The molecule has 1 aromatic heterocycles. The maximum atomic E-state index is 12.6. The zero-order valence-electron chi connectivity index (χ0n) is 17.5. The molecule has 0 aliphatic rings. The predicted molar refractivity (Wildman–Crippen MR) is 116 cm³/mol. The van der Waals surface area contributed by atoms with Crippen LogP contribution in [0.4, 0.5) is 0 Å². The molecule has 3 aromatic rings. The van der Waals surface area contributed by atoms with Crippen molar-refractivity contribution < 1.29 is 19.1 Å². The number of aryl methyl sites for hydroxylation is 1. The molecule has 2 aromatic carbocycles. The van der Waals surface area contributed by atoms with Crippen LogP contribution in [-0.4, -0.2) is 35.1 Å². The summed E-state index contributed by atoms with van der Waals surface area (Å²) in [6.07, 6.45) is 1.51. The van der Waals surface area contributed by atoms with E-state index in [0.29, 0.717) is 16.7 Å². The molecule has 162 valence electrons. The molecule has 0 bridgehead atoms. The summed E-state index contributed by atoms with van der Waals surface area (Å²) in [6, 6.07) is 13.6. The number of hydrogen-bond donors (Lipinski definition) is 1. The maximum Gasteiger partial charge on any atom is 0.308 e. The number of benzene rings is 2. The Labute approximate surface area is 179 Å². The van der Waals surface area contributed by atoms with Crippen molar-refractivity contribution in [1.82, 2.24) is 14.9 Å². The summed E-state index contributed by atoms with van der Waals surface area (Å²) >= 11 is 0. The van der Waals surface area contributed by atoms with Crippen molar-refractivity contribution in [2.75, 3.05) is 13.7 Å². The van der Waals surface area contributed by atoms with Crippen LogP contribution in [0.2, 0.25) is 0 Å². The van der Waals surface area contributed by atoms with Crippen molar-refractivity contribution in [2.45, 2.75) is 32.4 Å². The van der Waals surface area contributed by atoms with Crippen LogP contribution < -0.4 is 15.6 Å². The summed E-state index contributed by atoms with van der Waals surface area (Å²) in [4.78, 5) is 41.5. The smallest absolute Gasteiger partial charge is 0.308 e. The van der Waals surface area contributed by atoms with Crippen LogP contribution in [0.5, 0.6) is 5.75 Å². The average Bonchev–Trinajstić information content (AvgIpc) is 2.78. The van der Waals surface area contributed by atoms with Crippen LogP contribution in [-0.2, 0) is 20.9 Å². The minimum Gasteiger partial charge on any atom is -0.497 e. The zero-order valence-corrected chi connectivity index (χ0v) is 17.5. The summed E-state index contributed by atoms with van der Waals surface area (Å²) in [7, 11) is 1.57. The van der Waals surface area contributed by atoms with E-state index in [2.05, 4.69) is 10.3 Å². The second kappa shape index (κ2) is 10.4. The van der Waals surface area contributed by atoms with Gasteiger partial charge in [0.05, 0.1) is 43.4 Å². The largest absolute Gasteiger partial charge is 0.497 e. The molecule has 1 amide bonds. The van der Waals surface area contributed by atoms with Crippen LogP contribution in [0, 0.1) is 0 Å². The van der Waals surface area contributed by atoms with Gasteiger partial charge in [0, 0.05) is 13.0 Å². The van der Waals surface area contributed by atoms with Crippen LogP contribution in [0.25, 0.3) is 10.9 Å². The van der Waals surface area contributed by atoms with Gasteiger partial charge in [-0.3, -0.25) is 19.0 Å². The fourth-order valence-corrected chi connectivity index (χ4v) is 3.23. The van der Waals surface area contributed by atoms with Gasteiger partial charge < -0.3 is 14.8 Å². The van der Waals surface area contributed by atoms with E-state index in [0.717, 1.165) is 5.56 Å². The molecule has 0 spiro atoms. The molecule has 1 unspecified atom stereocenters. The van der Waals surface area contributed by atoms with E-state index in [4.69, 9.17) is 9.47 Å². The third-order valence-electron chi connectivity index (χ3n) is 4.84. The Morgan fingerprint density at radius 1 is 1.13 bits per heavy atom. The number of rotatable bonds is 9. The van der Waals surface area contributed by atoms with E-state index < -0.39 is 12.0 Å². The highest BCUT2D eigenvalue weighted by Crippen LogP contribution is 2.21. The standard InChI is InChI=1S/C23H25N3O5/c1-3-31-22(28)14-20(16-8-10-17(30-2)11-9-16)25-21(27)12-13-26-15-24-19-7-5-4-6-18(19)23(26)29/h4-11,15,20H,3,12-14H2,1-2H3,(H,25,27). The third-order valence-corrected chi connectivity index (χ3v) is 4.84. The van der Waals surface area contributed by atoms with Gasteiger partial charge in [-0.15, -0.1) is 0 Å². The van der Waals surface area contributed by atoms with Crippen LogP contribution in [0.15, 0.2) is 59.7 Å². The lowest BCUT2D eigenvalue weighted by Crippen LogP contribution is -2.32. The molecule has 0 aliphatic carbocycles. The molecule has 1 heterocycles. The first kappa shape index (κ1) is 22.0. The predicted octanol–water partition coefficient (Wildman–Crippen LogP) is 2.61. The number of fused-ring (bicyclic) bond motifs is 1. The molecular weight excluding hydrogens is 398 g/mol. The number of aromatic nitrogens is 2. The first-order chi connectivity index (χ1) is 15.0. The van der Waals surface area contributed by atoms with Gasteiger partial charge in [0.25, 0.3) is 5.56 Å². The lowest BCUT2D eigenvalue weighted by molar-refractivity contribution is -0.143. The molecule has 0 saturated heterocycles. The summed E-state index contributed by atoms with van der Waals surface area (Å²) in [5.41, 5.74) is 1.17. The van der Waals surface area contributed by atoms with E-state index in [-0.39, 0.29) is 37.5 Å². The fraction of sp³-hybridized carbons (Fsp3) is 0.304. The van der Waals surface area contributed by atoms with Gasteiger partial charge in [-0.25, -0.2) is 4.98 Å². The quantitative estimate of drug-likeness (QED) is 0.531. The molecular formula is C23H25N3O5. The van der Waals surface area contributed by atoms with E-state index in [1.165, 1.54) is 10.9 Å². The van der Waals surface area contributed by atoms with E-state index in [1.807, 2.05) is 6.07 Å². The van der Waals surface area contributed by atoms with Crippen molar-refractivity contribution in [3.8, 4) is 5.75 Å².